The first kappa shape index (κ1) is 9.47. The van der Waals surface area contributed by atoms with Crippen molar-refractivity contribution in [2.24, 2.45) is 0 Å². The molecular formula is C12H11N3. The van der Waals surface area contributed by atoms with Gasteiger partial charge >= 0.3 is 0 Å². The van der Waals surface area contributed by atoms with Gasteiger partial charge in [-0.3, -0.25) is 9.55 Å². The smallest absolute Gasteiger partial charge is 0.110 e. The lowest BCUT2D eigenvalue weighted by atomic mass is 10.2. The molecule has 0 bridgehead atoms. The number of terminal acetylenes is 1. The van der Waals surface area contributed by atoms with Gasteiger partial charge in [0.15, 0.2) is 0 Å². The van der Waals surface area contributed by atoms with Gasteiger partial charge in [0.05, 0.1) is 11.9 Å². The number of hydrogen-bond donors (Lipinski definition) is 0. The summed E-state index contributed by atoms with van der Waals surface area (Å²) in [6, 6.07) is 1.93. The summed E-state index contributed by atoms with van der Waals surface area (Å²) in [7, 11) is 0. The maximum Gasteiger partial charge on any atom is 0.110 e. The van der Waals surface area contributed by atoms with E-state index in [1.165, 1.54) is 0 Å². The summed E-state index contributed by atoms with van der Waals surface area (Å²) in [6.07, 6.45) is 10.6. The summed E-state index contributed by atoms with van der Waals surface area (Å²) < 4.78 is 2.02. The second kappa shape index (κ2) is 3.58. The Balaban J connectivity index is 2.60. The Morgan fingerprint density at radius 2 is 2.07 bits per heavy atom. The molecule has 0 saturated heterocycles. The van der Waals surface area contributed by atoms with Crippen LogP contribution in [0.4, 0.5) is 0 Å². The van der Waals surface area contributed by atoms with Crippen LogP contribution in [-0.2, 0) is 0 Å². The molecule has 0 aliphatic carbocycles. The molecule has 3 nitrogen and oxygen atoms in total. The highest BCUT2D eigenvalue weighted by Crippen LogP contribution is 2.13. The van der Waals surface area contributed by atoms with E-state index in [1.807, 2.05) is 30.7 Å². The van der Waals surface area contributed by atoms with Crippen LogP contribution in [0.1, 0.15) is 17.1 Å². The first-order valence-corrected chi connectivity index (χ1v) is 4.65. The van der Waals surface area contributed by atoms with Gasteiger partial charge in [0.2, 0.25) is 0 Å². The number of rotatable bonds is 1. The third-order valence-corrected chi connectivity index (χ3v) is 2.26. The van der Waals surface area contributed by atoms with Gasteiger partial charge < -0.3 is 0 Å². The molecule has 3 heteroatoms. The largest absolute Gasteiger partial charge is 0.300 e. The van der Waals surface area contributed by atoms with Crippen molar-refractivity contribution in [1.82, 2.24) is 14.5 Å². The number of aromatic nitrogens is 3. The molecule has 0 aliphatic heterocycles. The van der Waals surface area contributed by atoms with Crippen molar-refractivity contribution in [2.45, 2.75) is 13.8 Å². The summed E-state index contributed by atoms with van der Waals surface area (Å²) in [6.45, 7) is 3.96. The Morgan fingerprint density at radius 3 is 2.67 bits per heavy atom. The lowest BCUT2D eigenvalue weighted by Gasteiger charge is -2.07. The van der Waals surface area contributed by atoms with Crippen LogP contribution in [0, 0.1) is 26.2 Å². The second-order valence-corrected chi connectivity index (χ2v) is 3.36. The minimum Gasteiger partial charge on any atom is -0.300 e. The van der Waals surface area contributed by atoms with E-state index >= 15 is 0 Å². The third-order valence-electron chi connectivity index (χ3n) is 2.26. The van der Waals surface area contributed by atoms with Gasteiger partial charge in [-0.15, -0.1) is 6.42 Å². The Bertz CT molecular complexity index is 513. The molecule has 74 valence electrons. The van der Waals surface area contributed by atoms with Crippen molar-refractivity contribution in [1.29, 1.82) is 0 Å². The van der Waals surface area contributed by atoms with Gasteiger partial charge in [-0.2, -0.15) is 0 Å². The fourth-order valence-corrected chi connectivity index (χ4v) is 1.58. The Kier molecular flexibility index (Phi) is 2.26. The normalized spacial score (nSPS) is 9.93. The highest BCUT2D eigenvalue weighted by atomic mass is 15.1. The maximum atomic E-state index is 5.33. The van der Waals surface area contributed by atoms with E-state index in [2.05, 4.69) is 15.9 Å². The van der Waals surface area contributed by atoms with Gasteiger partial charge in [0, 0.05) is 23.7 Å². The molecule has 2 aromatic rings. The highest BCUT2D eigenvalue weighted by Gasteiger charge is 2.05. The zero-order valence-electron chi connectivity index (χ0n) is 8.73. The topological polar surface area (TPSA) is 30.7 Å². The van der Waals surface area contributed by atoms with Crippen LogP contribution >= 0.6 is 0 Å². The SMILES string of the molecule is C#Cc1cncc(-n2c(C)cnc2C)c1. The average molecular weight is 197 g/mol. The van der Waals surface area contributed by atoms with Crippen molar-refractivity contribution >= 4 is 0 Å². The number of aryl methyl sites for hydroxylation is 2. The minimum atomic E-state index is 0.778. The first-order valence-electron chi connectivity index (χ1n) is 4.65. The predicted octanol–water partition coefficient (Wildman–Crippen LogP) is 1.87. The number of nitrogens with zero attached hydrogens (tertiary/aromatic N) is 3. The summed E-state index contributed by atoms with van der Waals surface area (Å²) in [5.41, 5.74) is 2.81. The molecule has 0 aliphatic rings. The Morgan fingerprint density at radius 1 is 1.27 bits per heavy atom. The van der Waals surface area contributed by atoms with Crippen molar-refractivity contribution in [2.75, 3.05) is 0 Å². The molecular weight excluding hydrogens is 186 g/mol. The summed E-state index contributed by atoms with van der Waals surface area (Å²) in [5, 5.41) is 0. The molecule has 0 atom stereocenters. The van der Waals surface area contributed by atoms with Crippen molar-refractivity contribution in [3.8, 4) is 18.0 Å². The molecule has 0 N–H and O–H groups in total. The fraction of sp³-hybridized carbons (Fsp3) is 0.167. The molecule has 2 rings (SSSR count). The zero-order chi connectivity index (χ0) is 10.8. The predicted molar refractivity (Wildman–Crippen MR) is 58.8 cm³/mol. The van der Waals surface area contributed by atoms with Crippen LogP contribution < -0.4 is 0 Å². The Labute approximate surface area is 88.8 Å². The van der Waals surface area contributed by atoms with Gasteiger partial charge in [0.1, 0.15) is 5.82 Å². The average Bonchev–Trinajstić information content (AvgIpc) is 2.59. The number of hydrogen-bond acceptors (Lipinski definition) is 2. The van der Waals surface area contributed by atoms with Crippen LogP contribution in [0.15, 0.2) is 24.7 Å². The molecule has 2 heterocycles. The minimum absolute atomic E-state index is 0.778. The van der Waals surface area contributed by atoms with Gasteiger partial charge in [-0.05, 0) is 19.9 Å². The van der Waals surface area contributed by atoms with Crippen LogP contribution in [0.5, 0.6) is 0 Å². The lowest BCUT2D eigenvalue weighted by molar-refractivity contribution is 0.932. The van der Waals surface area contributed by atoms with Crippen LogP contribution in [0.2, 0.25) is 0 Å². The van der Waals surface area contributed by atoms with E-state index in [0.29, 0.717) is 0 Å². The lowest BCUT2D eigenvalue weighted by Crippen LogP contribution is -2.00. The summed E-state index contributed by atoms with van der Waals surface area (Å²) in [5.74, 6) is 3.51. The van der Waals surface area contributed by atoms with E-state index in [0.717, 1.165) is 22.8 Å². The monoisotopic (exact) mass is 197 g/mol. The third kappa shape index (κ3) is 1.62. The summed E-state index contributed by atoms with van der Waals surface area (Å²) in [4.78, 5) is 8.33. The molecule has 0 aromatic carbocycles. The molecule has 0 amide bonds. The van der Waals surface area contributed by atoms with Gasteiger partial charge in [0.25, 0.3) is 0 Å². The van der Waals surface area contributed by atoms with Crippen molar-refractivity contribution < 1.29 is 0 Å². The van der Waals surface area contributed by atoms with E-state index in [4.69, 9.17) is 6.42 Å². The molecule has 0 fully saturated rings. The van der Waals surface area contributed by atoms with Crippen molar-refractivity contribution in [3.63, 3.8) is 0 Å². The standard InChI is InChI=1S/C12H11N3/c1-4-11-5-12(8-13-7-11)15-9(2)6-14-10(15)3/h1,5-8H,2-3H3. The van der Waals surface area contributed by atoms with E-state index in [1.54, 1.807) is 12.4 Å². The van der Waals surface area contributed by atoms with Crippen LogP contribution in [0.25, 0.3) is 5.69 Å². The van der Waals surface area contributed by atoms with Gasteiger partial charge in [-0.25, -0.2) is 4.98 Å². The zero-order valence-corrected chi connectivity index (χ0v) is 8.73. The Hall–Kier alpha value is -2.08. The van der Waals surface area contributed by atoms with Crippen molar-refractivity contribution in [3.05, 3.63) is 41.7 Å². The van der Waals surface area contributed by atoms with Gasteiger partial charge in [-0.1, -0.05) is 5.92 Å². The molecule has 0 spiro atoms. The van der Waals surface area contributed by atoms with Crippen LogP contribution in [-0.4, -0.2) is 14.5 Å². The second-order valence-electron chi connectivity index (χ2n) is 3.36. The fourth-order valence-electron chi connectivity index (χ4n) is 1.58. The number of pyridine rings is 1. The number of imidazole rings is 1. The van der Waals surface area contributed by atoms with Crippen LogP contribution in [0.3, 0.4) is 0 Å². The maximum absolute atomic E-state index is 5.33. The molecule has 0 radical (unpaired) electrons. The first-order chi connectivity index (χ1) is 7.22. The molecule has 2 aromatic heterocycles. The summed E-state index contributed by atoms with van der Waals surface area (Å²) >= 11 is 0. The molecule has 0 saturated carbocycles. The molecule has 0 unspecified atom stereocenters. The quantitative estimate of drug-likeness (QED) is 0.653. The molecule has 15 heavy (non-hydrogen) atoms. The van der Waals surface area contributed by atoms with E-state index < -0.39 is 0 Å². The highest BCUT2D eigenvalue weighted by molar-refractivity contribution is 5.41. The van der Waals surface area contributed by atoms with E-state index in [-0.39, 0.29) is 0 Å². The van der Waals surface area contributed by atoms with E-state index in [9.17, 15) is 0 Å².